The Hall–Kier alpha value is -2.96. The number of ether oxygens (including phenoxy) is 1. The molecule has 1 saturated carbocycles. The summed E-state index contributed by atoms with van der Waals surface area (Å²) >= 11 is 13.2. The molecule has 2 aromatic carbocycles. The van der Waals surface area contributed by atoms with Crippen molar-refractivity contribution in [2.75, 3.05) is 19.6 Å². The molecule has 0 spiro atoms. The fourth-order valence-corrected chi connectivity index (χ4v) is 8.91. The van der Waals surface area contributed by atoms with Crippen LogP contribution in [0.5, 0.6) is 5.75 Å². The third kappa shape index (κ3) is 7.60. The second-order valence-electron chi connectivity index (χ2n) is 12.2. The molecule has 1 saturated heterocycles. The maximum absolute atomic E-state index is 13.9. The molecule has 13 heteroatoms. The molecule has 10 nitrogen and oxygen atoms in total. The maximum atomic E-state index is 13.9. The molecule has 248 valence electrons. The number of halogens is 2. The normalized spacial score (nSPS) is 20.5. The Balaban J connectivity index is 1.22. The standard InChI is InChI=1S/C33H41Cl2N5O5S/c1-20-17-21(2)39-31-24(20)9-4-11-28(31)45-19-25-26(34)12-13-29(30(25)35)46(43,44)40-16-5-10-27(40)33(42)38-15-6-14-37-32(41)22-7-3-8-23(36)18-22/h4,9,11-13,17,22-23,27H,3,5-8,10,14-16,18-19,36H2,1-2H3,(H,37,41)(H,38,42). The fourth-order valence-electron chi connectivity index (χ4n) is 6.39. The Labute approximate surface area is 280 Å². The minimum Gasteiger partial charge on any atom is -0.487 e. The number of hydrogen-bond acceptors (Lipinski definition) is 7. The zero-order chi connectivity index (χ0) is 33.0. The summed E-state index contributed by atoms with van der Waals surface area (Å²) < 4.78 is 35.1. The summed E-state index contributed by atoms with van der Waals surface area (Å²) in [6.45, 7) is 4.74. The zero-order valence-electron chi connectivity index (χ0n) is 26.2. The lowest BCUT2D eigenvalue weighted by Crippen LogP contribution is -2.46. The van der Waals surface area contributed by atoms with Gasteiger partial charge in [0.05, 0.1) is 5.02 Å². The highest BCUT2D eigenvalue weighted by Gasteiger charge is 2.40. The molecular weight excluding hydrogens is 649 g/mol. The molecule has 1 aliphatic carbocycles. The number of aromatic nitrogens is 1. The van der Waals surface area contributed by atoms with E-state index in [0.717, 1.165) is 35.9 Å². The Morgan fingerprint density at radius 2 is 1.80 bits per heavy atom. The Morgan fingerprint density at radius 1 is 1.04 bits per heavy atom. The van der Waals surface area contributed by atoms with E-state index < -0.39 is 16.1 Å². The number of benzene rings is 2. The number of carbonyl (C=O) groups is 2. The molecule has 4 N–H and O–H groups in total. The average molecular weight is 691 g/mol. The van der Waals surface area contributed by atoms with Gasteiger partial charge in [-0.25, -0.2) is 13.4 Å². The summed E-state index contributed by atoms with van der Waals surface area (Å²) in [5.41, 5.74) is 8.93. The average Bonchev–Trinajstić information content (AvgIpc) is 3.52. The molecule has 0 bridgehead atoms. The van der Waals surface area contributed by atoms with Crippen LogP contribution in [0.1, 0.15) is 61.8 Å². The first-order chi connectivity index (χ1) is 22.0. The van der Waals surface area contributed by atoms with Crippen LogP contribution in [0.4, 0.5) is 0 Å². The van der Waals surface area contributed by atoms with Crippen LogP contribution in [-0.2, 0) is 26.2 Å². The maximum Gasteiger partial charge on any atom is 0.245 e. The third-order valence-corrected chi connectivity index (χ3v) is 11.6. The van der Waals surface area contributed by atoms with Gasteiger partial charge in [0.1, 0.15) is 28.8 Å². The Kier molecular flexibility index (Phi) is 11.1. The predicted octanol–water partition coefficient (Wildman–Crippen LogP) is 5.03. The number of pyridine rings is 1. The van der Waals surface area contributed by atoms with E-state index in [2.05, 4.69) is 15.6 Å². The molecule has 0 radical (unpaired) electrons. The van der Waals surface area contributed by atoms with Crippen molar-refractivity contribution < 1.29 is 22.7 Å². The van der Waals surface area contributed by atoms with Crippen molar-refractivity contribution in [1.82, 2.24) is 19.9 Å². The van der Waals surface area contributed by atoms with Crippen molar-refractivity contribution in [2.45, 2.75) is 82.4 Å². The van der Waals surface area contributed by atoms with Gasteiger partial charge in [0.25, 0.3) is 0 Å². The molecule has 1 aromatic heterocycles. The first kappa shape index (κ1) is 34.4. The molecule has 1 aliphatic heterocycles. The molecule has 3 aromatic rings. The van der Waals surface area contributed by atoms with E-state index in [4.69, 9.17) is 33.7 Å². The Morgan fingerprint density at radius 3 is 2.57 bits per heavy atom. The van der Waals surface area contributed by atoms with Gasteiger partial charge in [-0.2, -0.15) is 4.31 Å². The molecule has 46 heavy (non-hydrogen) atoms. The lowest BCUT2D eigenvalue weighted by Gasteiger charge is -2.26. The highest BCUT2D eigenvalue weighted by Crippen LogP contribution is 2.36. The predicted molar refractivity (Wildman–Crippen MR) is 179 cm³/mol. The summed E-state index contributed by atoms with van der Waals surface area (Å²) in [7, 11) is -4.15. The first-order valence-corrected chi connectivity index (χ1v) is 18.0. The molecule has 2 fully saturated rings. The van der Waals surface area contributed by atoms with Crippen LogP contribution < -0.4 is 21.1 Å². The van der Waals surface area contributed by atoms with Crippen LogP contribution in [0, 0.1) is 19.8 Å². The summed E-state index contributed by atoms with van der Waals surface area (Å²) in [5, 5.41) is 6.93. The van der Waals surface area contributed by atoms with E-state index >= 15 is 0 Å². The van der Waals surface area contributed by atoms with Gasteiger partial charge < -0.3 is 21.1 Å². The van der Waals surface area contributed by atoms with Gasteiger partial charge in [0.2, 0.25) is 21.8 Å². The lowest BCUT2D eigenvalue weighted by molar-refractivity contribution is -0.126. The van der Waals surface area contributed by atoms with Gasteiger partial charge in [-0.15, -0.1) is 0 Å². The van der Waals surface area contributed by atoms with Gasteiger partial charge in [-0.05, 0) is 82.2 Å². The van der Waals surface area contributed by atoms with Crippen LogP contribution in [0.15, 0.2) is 41.3 Å². The van der Waals surface area contributed by atoms with E-state index in [1.165, 1.54) is 16.4 Å². The number of carbonyl (C=O) groups excluding carboxylic acids is 2. The smallest absolute Gasteiger partial charge is 0.245 e. The van der Waals surface area contributed by atoms with E-state index in [0.29, 0.717) is 55.6 Å². The van der Waals surface area contributed by atoms with Crippen LogP contribution in [0.2, 0.25) is 10.0 Å². The number of nitrogens with zero attached hydrogens (tertiary/aromatic N) is 2. The molecular formula is C33H41Cl2N5O5S. The van der Waals surface area contributed by atoms with E-state index in [1.54, 1.807) is 6.07 Å². The van der Waals surface area contributed by atoms with Crippen LogP contribution >= 0.6 is 23.2 Å². The quantitative estimate of drug-likeness (QED) is 0.240. The summed E-state index contributed by atoms with van der Waals surface area (Å²) in [5.74, 6) is 0.0799. The third-order valence-electron chi connectivity index (χ3n) is 8.79. The van der Waals surface area contributed by atoms with Gasteiger partial charge in [-0.3, -0.25) is 9.59 Å². The number of nitrogens with one attached hydrogen (secondary N) is 2. The van der Waals surface area contributed by atoms with E-state index in [-0.39, 0.29) is 51.9 Å². The number of para-hydroxylation sites is 1. The summed E-state index contributed by atoms with van der Waals surface area (Å²) in [6.07, 6.45) is 4.88. The summed E-state index contributed by atoms with van der Waals surface area (Å²) in [6, 6.07) is 9.67. The van der Waals surface area contributed by atoms with Crippen molar-refractivity contribution in [1.29, 1.82) is 0 Å². The molecule has 3 unspecified atom stereocenters. The van der Waals surface area contributed by atoms with Crippen LogP contribution in [0.3, 0.4) is 0 Å². The number of nitrogens with two attached hydrogens (primary N) is 1. The largest absolute Gasteiger partial charge is 0.487 e. The number of rotatable bonds is 11. The van der Waals surface area contributed by atoms with Gasteiger partial charge in [-0.1, -0.05) is 41.8 Å². The van der Waals surface area contributed by atoms with E-state index in [9.17, 15) is 18.0 Å². The second-order valence-corrected chi connectivity index (χ2v) is 14.8. The van der Waals surface area contributed by atoms with Crippen molar-refractivity contribution in [3.63, 3.8) is 0 Å². The number of sulfonamides is 1. The fraction of sp³-hybridized carbons (Fsp3) is 0.485. The van der Waals surface area contributed by atoms with Crippen molar-refractivity contribution >= 4 is 55.9 Å². The number of hydrogen-bond donors (Lipinski definition) is 3. The van der Waals surface area contributed by atoms with E-state index in [1.807, 2.05) is 32.0 Å². The lowest BCUT2D eigenvalue weighted by atomic mass is 9.85. The monoisotopic (exact) mass is 689 g/mol. The minimum absolute atomic E-state index is 0.00173. The van der Waals surface area contributed by atoms with Gasteiger partial charge >= 0.3 is 0 Å². The highest BCUT2D eigenvalue weighted by atomic mass is 35.5. The van der Waals surface area contributed by atoms with Gasteiger partial charge in [0.15, 0.2) is 0 Å². The first-order valence-electron chi connectivity index (χ1n) is 15.8. The molecule has 3 atom stereocenters. The topological polar surface area (TPSA) is 144 Å². The van der Waals surface area contributed by atoms with Crippen LogP contribution in [-0.4, -0.2) is 61.2 Å². The number of fused-ring (bicyclic) bond motifs is 1. The second kappa shape index (κ2) is 14.9. The number of aryl methyl sites for hydroxylation is 2. The molecule has 2 amide bonds. The molecule has 5 rings (SSSR count). The summed E-state index contributed by atoms with van der Waals surface area (Å²) in [4.78, 5) is 30.1. The minimum atomic E-state index is -4.15. The zero-order valence-corrected chi connectivity index (χ0v) is 28.5. The van der Waals surface area contributed by atoms with Crippen molar-refractivity contribution in [3.8, 4) is 5.75 Å². The molecule has 2 heterocycles. The van der Waals surface area contributed by atoms with Crippen molar-refractivity contribution in [3.05, 3.63) is 63.3 Å². The number of amides is 2. The highest BCUT2D eigenvalue weighted by molar-refractivity contribution is 7.89. The van der Waals surface area contributed by atoms with Crippen LogP contribution in [0.25, 0.3) is 10.9 Å². The molecule has 2 aliphatic rings. The van der Waals surface area contributed by atoms with Crippen molar-refractivity contribution in [2.24, 2.45) is 11.7 Å². The SMILES string of the molecule is Cc1cc(C)c2cccc(OCc3c(Cl)ccc(S(=O)(=O)N4CCCC4C(=O)NCCCNC(=O)C4CCCC(N)C4)c3Cl)c2n1. The Bertz CT molecular complexity index is 1720. The van der Waals surface area contributed by atoms with Gasteiger partial charge in [0, 0.05) is 53.3 Å².